The van der Waals surface area contributed by atoms with Gasteiger partial charge in [-0.25, -0.2) is 4.79 Å². The molecule has 0 saturated heterocycles. The average molecular weight is 265 g/mol. The van der Waals surface area contributed by atoms with Gasteiger partial charge in [0.1, 0.15) is 0 Å². The third kappa shape index (κ3) is 4.57. The van der Waals surface area contributed by atoms with Crippen LogP contribution in [0.1, 0.15) is 19.5 Å². The van der Waals surface area contributed by atoms with E-state index in [1.807, 2.05) is 12.1 Å². The minimum atomic E-state index is -0.985. The summed E-state index contributed by atoms with van der Waals surface area (Å²) in [6, 6.07) is 5.16. The molecule has 1 aromatic heterocycles. The molecular formula is C13H19N3O3. The van der Waals surface area contributed by atoms with E-state index in [1.54, 1.807) is 33.2 Å². The molecule has 0 bridgehead atoms. The highest BCUT2D eigenvalue weighted by Crippen LogP contribution is 2.13. The fraction of sp³-hybridized carbons (Fsp3) is 0.462. The zero-order chi connectivity index (χ0) is 14.5. The molecule has 6 heteroatoms. The lowest BCUT2D eigenvalue weighted by atomic mass is 9.94. The number of carboxylic acids is 1. The van der Waals surface area contributed by atoms with Gasteiger partial charge in [0.2, 0.25) is 0 Å². The zero-order valence-corrected chi connectivity index (χ0v) is 11.4. The largest absolute Gasteiger partial charge is 0.481 e. The minimum Gasteiger partial charge on any atom is -0.481 e. The third-order valence-corrected chi connectivity index (χ3v) is 2.73. The molecule has 0 saturated carbocycles. The van der Waals surface area contributed by atoms with E-state index < -0.39 is 11.4 Å². The predicted molar refractivity (Wildman–Crippen MR) is 70.5 cm³/mol. The monoisotopic (exact) mass is 265 g/mol. The van der Waals surface area contributed by atoms with E-state index in [4.69, 9.17) is 5.11 Å². The van der Waals surface area contributed by atoms with Crippen molar-refractivity contribution >= 4 is 12.0 Å². The fourth-order valence-electron chi connectivity index (χ4n) is 1.31. The standard InChI is InChI=1S/C13H19N3O3/c1-13(2,11(17)18)9-15-12(19)16(3)8-10-6-4-5-7-14-10/h4-7H,8-9H2,1-3H3,(H,15,19)(H,17,18). The van der Waals surface area contributed by atoms with Gasteiger partial charge in [0.25, 0.3) is 0 Å². The van der Waals surface area contributed by atoms with Crippen LogP contribution in [0.3, 0.4) is 0 Å². The molecule has 0 radical (unpaired) electrons. The van der Waals surface area contributed by atoms with Crippen LogP contribution >= 0.6 is 0 Å². The van der Waals surface area contributed by atoms with Crippen LogP contribution in [-0.4, -0.2) is 40.6 Å². The Morgan fingerprint density at radius 3 is 2.63 bits per heavy atom. The van der Waals surface area contributed by atoms with Crippen molar-refractivity contribution in [2.45, 2.75) is 20.4 Å². The van der Waals surface area contributed by atoms with E-state index in [9.17, 15) is 9.59 Å². The SMILES string of the molecule is CN(Cc1ccccn1)C(=O)NCC(C)(C)C(=O)O. The van der Waals surface area contributed by atoms with Gasteiger partial charge in [-0.1, -0.05) is 6.07 Å². The Morgan fingerprint density at radius 2 is 2.11 bits per heavy atom. The molecule has 0 aliphatic rings. The number of carbonyl (C=O) groups is 2. The zero-order valence-electron chi connectivity index (χ0n) is 11.4. The van der Waals surface area contributed by atoms with Gasteiger partial charge >= 0.3 is 12.0 Å². The first-order valence-electron chi connectivity index (χ1n) is 5.95. The van der Waals surface area contributed by atoms with Crippen LogP contribution in [0.2, 0.25) is 0 Å². The summed E-state index contributed by atoms with van der Waals surface area (Å²) in [4.78, 5) is 28.3. The number of nitrogens with zero attached hydrogens (tertiary/aromatic N) is 2. The molecule has 0 atom stereocenters. The molecule has 0 aliphatic carbocycles. The van der Waals surface area contributed by atoms with Crippen molar-refractivity contribution in [1.82, 2.24) is 15.2 Å². The van der Waals surface area contributed by atoms with Crippen LogP contribution in [0, 0.1) is 5.41 Å². The van der Waals surface area contributed by atoms with Gasteiger partial charge in [0.05, 0.1) is 17.7 Å². The summed E-state index contributed by atoms with van der Waals surface area (Å²) >= 11 is 0. The molecule has 1 heterocycles. The lowest BCUT2D eigenvalue weighted by Gasteiger charge is -2.23. The van der Waals surface area contributed by atoms with Crippen molar-refractivity contribution in [3.8, 4) is 0 Å². The summed E-state index contributed by atoms with van der Waals surface area (Å²) < 4.78 is 0. The number of hydrogen-bond acceptors (Lipinski definition) is 3. The van der Waals surface area contributed by atoms with E-state index in [-0.39, 0.29) is 12.6 Å². The maximum atomic E-state index is 11.8. The van der Waals surface area contributed by atoms with E-state index >= 15 is 0 Å². The van der Waals surface area contributed by atoms with Crippen molar-refractivity contribution in [3.05, 3.63) is 30.1 Å². The van der Waals surface area contributed by atoms with E-state index in [0.29, 0.717) is 6.54 Å². The quantitative estimate of drug-likeness (QED) is 0.841. The number of rotatable bonds is 5. The van der Waals surface area contributed by atoms with Crippen molar-refractivity contribution in [1.29, 1.82) is 0 Å². The molecule has 0 fully saturated rings. The first-order chi connectivity index (χ1) is 8.83. The van der Waals surface area contributed by atoms with Crippen LogP contribution in [0.5, 0.6) is 0 Å². The molecule has 19 heavy (non-hydrogen) atoms. The molecule has 104 valence electrons. The number of pyridine rings is 1. The maximum absolute atomic E-state index is 11.8. The van der Waals surface area contributed by atoms with Crippen LogP contribution in [-0.2, 0) is 11.3 Å². The van der Waals surface area contributed by atoms with Crippen molar-refractivity contribution < 1.29 is 14.7 Å². The van der Waals surface area contributed by atoms with Crippen molar-refractivity contribution in [2.75, 3.05) is 13.6 Å². The first-order valence-corrected chi connectivity index (χ1v) is 5.95. The smallest absolute Gasteiger partial charge is 0.317 e. The van der Waals surface area contributed by atoms with Gasteiger partial charge in [0.15, 0.2) is 0 Å². The van der Waals surface area contributed by atoms with Crippen LogP contribution < -0.4 is 5.32 Å². The van der Waals surface area contributed by atoms with Crippen LogP contribution in [0.4, 0.5) is 4.79 Å². The summed E-state index contributed by atoms with van der Waals surface area (Å²) in [5, 5.41) is 11.6. The summed E-state index contributed by atoms with van der Waals surface area (Å²) in [5.41, 5.74) is -0.209. The Hall–Kier alpha value is -2.11. The van der Waals surface area contributed by atoms with E-state index in [1.165, 1.54) is 4.90 Å². The van der Waals surface area contributed by atoms with Gasteiger partial charge in [-0.05, 0) is 26.0 Å². The highest BCUT2D eigenvalue weighted by Gasteiger charge is 2.28. The summed E-state index contributed by atoms with van der Waals surface area (Å²) in [7, 11) is 1.64. The number of aromatic nitrogens is 1. The second-order valence-electron chi connectivity index (χ2n) is 5.02. The van der Waals surface area contributed by atoms with Gasteiger partial charge in [-0.2, -0.15) is 0 Å². The van der Waals surface area contributed by atoms with Gasteiger partial charge in [-0.3, -0.25) is 9.78 Å². The Labute approximate surface area is 112 Å². The molecule has 1 rings (SSSR count). The molecule has 6 nitrogen and oxygen atoms in total. The molecule has 1 aromatic rings. The maximum Gasteiger partial charge on any atom is 0.317 e. The second-order valence-corrected chi connectivity index (χ2v) is 5.02. The predicted octanol–water partition coefficient (Wildman–Crippen LogP) is 1.33. The normalized spacial score (nSPS) is 10.9. The van der Waals surface area contributed by atoms with E-state index in [2.05, 4.69) is 10.3 Å². The Balaban J connectivity index is 2.48. The Morgan fingerprint density at radius 1 is 1.42 bits per heavy atom. The molecule has 2 N–H and O–H groups in total. The number of amides is 2. The lowest BCUT2D eigenvalue weighted by Crippen LogP contribution is -2.44. The highest BCUT2D eigenvalue weighted by molar-refractivity contribution is 5.77. The van der Waals surface area contributed by atoms with Crippen molar-refractivity contribution in [3.63, 3.8) is 0 Å². The topological polar surface area (TPSA) is 82.5 Å². The first kappa shape index (κ1) is 14.9. The second kappa shape index (κ2) is 6.17. The molecule has 0 unspecified atom stereocenters. The average Bonchev–Trinajstić information content (AvgIpc) is 2.37. The molecular weight excluding hydrogens is 246 g/mol. The minimum absolute atomic E-state index is 0.0771. The Bertz CT molecular complexity index is 446. The number of aliphatic carboxylic acids is 1. The molecule has 0 aliphatic heterocycles. The lowest BCUT2D eigenvalue weighted by molar-refractivity contribution is -0.146. The van der Waals surface area contributed by atoms with Gasteiger partial charge in [-0.15, -0.1) is 0 Å². The number of carboxylic acid groups (broad SMARTS) is 1. The number of urea groups is 1. The number of hydrogen-bond donors (Lipinski definition) is 2. The third-order valence-electron chi connectivity index (χ3n) is 2.73. The van der Waals surface area contributed by atoms with Crippen LogP contribution in [0.25, 0.3) is 0 Å². The number of nitrogens with one attached hydrogen (secondary N) is 1. The number of carbonyl (C=O) groups excluding carboxylic acids is 1. The van der Waals surface area contributed by atoms with Crippen molar-refractivity contribution in [2.24, 2.45) is 5.41 Å². The molecule has 0 spiro atoms. The fourth-order valence-corrected chi connectivity index (χ4v) is 1.31. The molecule has 2 amide bonds. The summed E-state index contributed by atoms with van der Waals surface area (Å²) in [6.45, 7) is 3.58. The Kier molecular flexibility index (Phi) is 4.86. The van der Waals surface area contributed by atoms with Gasteiger partial charge < -0.3 is 15.3 Å². The summed E-state index contributed by atoms with van der Waals surface area (Å²) in [6.07, 6.45) is 1.66. The summed E-state index contributed by atoms with van der Waals surface area (Å²) in [5.74, 6) is -0.944. The molecule has 0 aromatic carbocycles. The van der Waals surface area contributed by atoms with E-state index in [0.717, 1.165) is 5.69 Å². The van der Waals surface area contributed by atoms with Gasteiger partial charge in [0, 0.05) is 19.8 Å². The highest BCUT2D eigenvalue weighted by atomic mass is 16.4. The van der Waals surface area contributed by atoms with Crippen LogP contribution in [0.15, 0.2) is 24.4 Å².